The van der Waals surface area contributed by atoms with Crippen LogP contribution in [0.2, 0.25) is 0 Å². The Balaban J connectivity index is 1.91. The first-order valence-electron chi connectivity index (χ1n) is 7.09. The number of aromatic nitrogens is 2. The van der Waals surface area contributed by atoms with E-state index in [2.05, 4.69) is 35.2 Å². The zero-order chi connectivity index (χ0) is 14.1. The summed E-state index contributed by atoms with van der Waals surface area (Å²) in [4.78, 5) is 11.0. The molecule has 0 radical (unpaired) electrons. The van der Waals surface area contributed by atoms with Crippen LogP contribution in [0.5, 0.6) is 0 Å². The highest BCUT2D eigenvalue weighted by Crippen LogP contribution is 2.31. The van der Waals surface area contributed by atoms with E-state index in [1.807, 2.05) is 0 Å². The molecule has 1 saturated heterocycles. The lowest BCUT2D eigenvalue weighted by Gasteiger charge is -2.28. The normalized spacial score (nSPS) is 23.1. The summed E-state index contributed by atoms with van der Waals surface area (Å²) in [7, 11) is 0. The van der Waals surface area contributed by atoms with E-state index >= 15 is 0 Å². The Morgan fingerprint density at radius 1 is 1.50 bits per heavy atom. The van der Waals surface area contributed by atoms with Crippen LogP contribution in [0.3, 0.4) is 0 Å². The maximum Gasteiger partial charge on any atom is 0.223 e. The lowest BCUT2D eigenvalue weighted by Crippen LogP contribution is -2.32. The second-order valence-electron chi connectivity index (χ2n) is 5.26. The molecule has 2 unspecified atom stereocenters. The highest BCUT2D eigenvalue weighted by atomic mass is 32.1. The van der Waals surface area contributed by atoms with Crippen molar-refractivity contribution in [1.29, 1.82) is 0 Å². The number of fused-ring (bicyclic) bond motifs is 1. The summed E-state index contributed by atoms with van der Waals surface area (Å²) in [6.45, 7) is 5.05. The lowest BCUT2D eigenvalue weighted by atomic mass is 10.0. The predicted octanol–water partition coefficient (Wildman–Crippen LogP) is 2.82. The van der Waals surface area contributed by atoms with Gasteiger partial charge in [0.05, 0.1) is 11.5 Å². The number of thiophene rings is 1. The average molecular weight is 292 g/mol. The third-order valence-corrected chi connectivity index (χ3v) is 4.81. The molecule has 3 heterocycles. The second-order valence-corrected chi connectivity index (χ2v) is 6.38. The van der Waals surface area contributed by atoms with E-state index in [1.165, 1.54) is 4.88 Å². The SMILES string of the molecule is CCc1cc2c(NC3CCOC(C)C3)nc(N)nc2s1. The number of ether oxygens (including phenoxy) is 1. The molecule has 6 heteroatoms. The minimum atomic E-state index is 0.296. The van der Waals surface area contributed by atoms with Crippen LogP contribution in [0.15, 0.2) is 6.07 Å². The van der Waals surface area contributed by atoms with Crippen LogP contribution < -0.4 is 11.1 Å². The molecule has 0 spiro atoms. The van der Waals surface area contributed by atoms with Gasteiger partial charge in [-0.15, -0.1) is 11.3 Å². The van der Waals surface area contributed by atoms with Crippen LogP contribution in [-0.2, 0) is 11.2 Å². The van der Waals surface area contributed by atoms with Gasteiger partial charge in [0.2, 0.25) is 5.95 Å². The fraction of sp³-hybridized carbons (Fsp3) is 0.571. The number of anilines is 2. The van der Waals surface area contributed by atoms with Crippen LogP contribution in [0.1, 0.15) is 31.6 Å². The van der Waals surface area contributed by atoms with Crippen LogP contribution in [0.4, 0.5) is 11.8 Å². The van der Waals surface area contributed by atoms with E-state index in [9.17, 15) is 0 Å². The van der Waals surface area contributed by atoms with E-state index in [1.54, 1.807) is 11.3 Å². The fourth-order valence-corrected chi connectivity index (χ4v) is 3.57. The number of nitrogens with one attached hydrogen (secondary N) is 1. The smallest absolute Gasteiger partial charge is 0.223 e. The van der Waals surface area contributed by atoms with Crippen molar-refractivity contribution in [2.45, 2.75) is 45.3 Å². The maximum atomic E-state index is 5.83. The minimum absolute atomic E-state index is 0.296. The van der Waals surface area contributed by atoms with Gasteiger partial charge in [0.25, 0.3) is 0 Å². The summed E-state index contributed by atoms with van der Waals surface area (Å²) in [6, 6.07) is 2.56. The van der Waals surface area contributed by atoms with Crippen molar-refractivity contribution in [3.05, 3.63) is 10.9 Å². The summed E-state index contributed by atoms with van der Waals surface area (Å²) in [6.07, 6.45) is 3.30. The molecule has 0 aromatic carbocycles. The Morgan fingerprint density at radius 2 is 2.35 bits per heavy atom. The first-order chi connectivity index (χ1) is 9.65. The quantitative estimate of drug-likeness (QED) is 0.910. The number of nitrogens with zero attached hydrogens (tertiary/aromatic N) is 2. The van der Waals surface area contributed by atoms with Crippen molar-refractivity contribution >= 4 is 33.3 Å². The molecule has 2 aromatic rings. The van der Waals surface area contributed by atoms with E-state index < -0.39 is 0 Å². The number of hydrogen-bond donors (Lipinski definition) is 2. The van der Waals surface area contributed by atoms with Gasteiger partial charge in [0.1, 0.15) is 10.6 Å². The molecule has 1 fully saturated rings. The number of hydrogen-bond acceptors (Lipinski definition) is 6. The minimum Gasteiger partial charge on any atom is -0.378 e. The molecule has 5 nitrogen and oxygen atoms in total. The molecule has 0 bridgehead atoms. The van der Waals surface area contributed by atoms with Crippen LogP contribution in [0.25, 0.3) is 10.2 Å². The lowest BCUT2D eigenvalue weighted by molar-refractivity contribution is 0.0232. The summed E-state index contributed by atoms with van der Waals surface area (Å²) in [5, 5.41) is 4.61. The molecule has 0 aliphatic carbocycles. The molecule has 3 rings (SSSR count). The molecule has 20 heavy (non-hydrogen) atoms. The van der Waals surface area contributed by atoms with E-state index in [0.717, 1.165) is 41.9 Å². The fourth-order valence-electron chi connectivity index (χ4n) is 2.59. The van der Waals surface area contributed by atoms with Crippen LogP contribution in [0, 0.1) is 0 Å². The molecule has 0 amide bonds. The topological polar surface area (TPSA) is 73.1 Å². The number of aryl methyl sites for hydroxylation is 1. The van der Waals surface area contributed by atoms with Gasteiger partial charge in [-0.1, -0.05) is 6.92 Å². The molecule has 108 valence electrons. The Bertz CT molecular complexity index is 612. The largest absolute Gasteiger partial charge is 0.378 e. The molecule has 1 aliphatic heterocycles. The zero-order valence-corrected chi connectivity index (χ0v) is 12.7. The molecule has 1 aliphatic rings. The Morgan fingerprint density at radius 3 is 3.10 bits per heavy atom. The standard InChI is InChI=1S/C14H20N4OS/c1-3-10-7-11-12(17-14(15)18-13(11)20-10)16-9-4-5-19-8(2)6-9/h7-9H,3-6H2,1-2H3,(H3,15,16,17,18). The first kappa shape index (κ1) is 13.6. The molecular weight excluding hydrogens is 272 g/mol. The molecular formula is C14H20N4OS. The van der Waals surface area contributed by atoms with Gasteiger partial charge in [-0.2, -0.15) is 4.98 Å². The highest BCUT2D eigenvalue weighted by Gasteiger charge is 2.21. The van der Waals surface area contributed by atoms with Gasteiger partial charge in [-0.05, 0) is 32.3 Å². The molecule has 3 N–H and O–H groups in total. The van der Waals surface area contributed by atoms with Crippen molar-refractivity contribution in [3.63, 3.8) is 0 Å². The summed E-state index contributed by atoms with van der Waals surface area (Å²) in [5.41, 5.74) is 5.83. The van der Waals surface area contributed by atoms with Gasteiger partial charge in [-0.25, -0.2) is 4.98 Å². The number of rotatable bonds is 3. The van der Waals surface area contributed by atoms with Crippen LogP contribution in [-0.4, -0.2) is 28.7 Å². The number of nitrogens with two attached hydrogens (primary N) is 1. The highest BCUT2D eigenvalue weighted by molar-refractivity contribution is 7.18. The van der Waals surface area contributed by atoms with Gasteiger partial charge in [-0.3, -0.25) is 0 Å². The van der Waals surface area contributed by atoms with Gasteiger partial charge in [0, 0.05) is 17.5 Å². The van der Waals surface area contributed by atoms with Gasteiger partial charge in [0.15, 0.2) is 0 Å². The summed E-state index contributed by atoms with van der Waals surface area (Å²) >= 11 is 1.69. The van der Waals surface area contributed by atoms with Crippen molar-refractivity contribution in [3.8, 4) is 0 Å². The molecule has 2 atom stereocenters. The van der Waals surface area contributed by atoms with Crippen LogP contribution >= 0.6 is 11.3 Å². The van der Waals surface area contributed by atoms with E-state index in [0.29, 0.717) is 18.1 Å². The van der Waals surface area contributed by atoms with E-state index in [-0.39, 0.29) is 0 Å². The second kappa shape index (κ2) is 5.54. The number of nitrogen functional groups attached to an aromatic ring is 1. The zero-order valence-electron chi connectivity index (χ0n) is 11.8. The monoisotopic (exact) mass is 292 g/mol. The third-order valence-electron chi connectivity index (χ3n) is 3.64. The molecule has 2 aromatic heterocycles. The Labute approximate surface area is 122 Å². The Hall–Kier alpha value is -1.40. The average Bonchev–Trinajstić information content (AvgIpc) is 2.82. The molecule has 0 saturated carbocycles. The first-order valence-corrected chi connectivity index (χ1v) is 7.91. The summed E-state index contributed by atoms with van der Waals surface area (Å²) < 4.78 is 5.58. The van der Waals surface area contributed by atoms with Gasteiger partial charge < -0.3 is 15.8 Å². The predicted molar refractivity (Wildman–Crippen MR) is 83.3 cm³/mol. The third kappa shape index (κ3) is 2.71. The van der Waals surface area contributed by atoms with Crippen molar-refractivity contribution in [2.75, 3.05) is 17.7 Å². The van der Waals surface area contributed by atoms with E-state index in [4.69, 9.17) is 10.5 Å². The van der Waals surface area contributed by atoms with Crippen molar-refractivity contribution in [2.24, 2.45) is 0 Å². The van der Waals surface area contributed by atoms with Gasteiger partial charge >= 0.3 is 0 Å². The Kier molecular flexibility index (Phi) is 3.76. The summed E-state index contributed by atoms with van der Waals surface area (Å²) in [5.74, 6) is 1.20. The van der Waals surface area contributed by atoms with Crippen molar-refractivity contribution < 1.29 is 4.74 Å². The van der Waals surface area contributed by atoms with Crippen molar-refractivity contribution in [1.82, 2.24) is 9.97 Å². The maximum absolute atomic E-state index is 5.83.